The van der Waals surface area contributed by atoms with Crippen molar-refractivity contribution in [3.05, 3.63) is 0 Å². The minimum absolute atomic E-state index is 0.151. The van der Waals surface area contributed by atoms with Gasteiger partial charge >= 0.3 is 12.2 Å². The number of carbonyl (C=O) groups excluding carboxylic acids is 2. The Morgan fingerprint density at radius 3 is 2.00 bits per heavy atom. The Hall–Kier alpha value is -1.50. The van der Waals surface area contributed by atoms with Gasteiger partial charge in [-0.3, -0.25) is 4.90 Å². The minimum Gasteiger partial charge on any atom is -0.444 e. The van der Waals surface area contributed by atoms with Crippen molar-refractivity contribution in [1.29, 1.82) is 0 Å². The number of ether oxygens (including phenoxy) is 2. The molecule has 1 rings (SSSR count). The molecular weight excluding hydrogens is 288 g/mol. The fourth-order valence-electron chi connectivity index (χ4n) is 1.98. The van der Waals surface area contributed by atoms with Gasteiger partial charge < -0.3 is 19.5 Å². The second-order valence-corrected chi connectivity index (χ2v) is 7.44. The average molecular weight is 316 g/mol. The lowest BCUT2D eigenvalue weighted by atomic mass is 10.1. The SMILES string of the molecule is CC(C)(C)OC(=O)N1CC(N(CCO)C(=O)OC(C)(C)C)C1. The third-order valence-electron chi connectivity index (χ3n) is 2.92. The molecule has 7 nitrogen and oxygen atoms in total. The van der Waals surface area contributed by atoms with Gasteiger partial charge in [0.2, 0.25) is 0 Å². The molecule has 1 fully saturated rings. The molecule has 1 aliphatic heterocycles. The van der Waals surface area contributed by atoms with Crippen molar-refractivity contribution in [3.63, 3.8) is 0 Å². The van der Waals surface area contributed by atoms with Crippen molar-refractivity contribution in [3.8, 4) is 0 Å². The van der Waals surface area contributed by atoms with Crippen molar-refractivity contribution in [2.24, 2.45) is 0 Å². The van der Waals surface area contributed by atoms with E-state index in [1.807, 2.05) is 0 Å². The highest BCUT2D eigenvalue weighted by Gasteiger charge is 2.40. The Morgan fingerprint density at radius 2 is 1.59 bits per heavy atom. The van der Waals surface area contributed by atoms with Gasteiger partial charge in [-0.15, -0.1) is 0 Å². The summed E-state index contributed by atoms with van der Waals surface area (Å²) in [6.45, 7) is 11.6. The van der Waals surface area contributed by atoms with Crippen LogP contribution in [0.15, 0.2) is 0 Å². The van der Waals surface area contributed by atoms with Gasteiger partial charge in [0.25, 0.3) is 0 Å². The molecule has 0 radical (unpaired) electrons. The van der Waals surface area contributed by atoms with Crippen molar-refractivity contribution in [2.45, 2.75) is 58.8 Å². The van der Waals surface area contributed by atoms with Crippen LogP contribution in [-0.4, -0.2) is 70.6 Å². The maximum absolute atomic E-state index is 12.1. The van der Waals surface area contributed by atoms with Crippen LogP contribution < -0.4 is 0 Å². The summed E-state index contributed by atoms with van der Waals surface area (Å²) in [5, 5.41) is 9.13. The Labute approximate surface area is 132 Å². The van der Waals surface area contributed by atoms with E-state index in [9.17, 15) is 9.59 Å². The first kappa shape index (κ1) is 18.5. The summed E-state index contributed by atoms with van der Waals surface area (Å²) in [5.74, 6) is 0. The first-order chi connectivity index (χ1) is 9.93. The number of likely N-dealkylation sites (tertiary alicyclic amines) is 1. The third-order valence-corrected chi connectivity index (χ3v) is 2.92. The maximum Gasteiger partial charge on any atom is 0.410 e. The van der Waals surface area contributed by atoms with Crippen molar-refractivity contribution in [2.75, 3.05) is 26.2 Å². The Bertz CT molecular complexity index is 405. The molecule has 0 spiro atoms. The van der Waals surface area contributed by atoms with Crippen molar-refractivity contribution in [1.82, 2.24) is 9.80 Å². The van der Waals surface area contributed by atoms with Gasteiger partial charge in [0.05, 0.1) is 12.6 Å². The van der Waals surface area contributed by atoms with Crippen LogP contribution in [0.2, 0.25) is 0 Å². The van der Waals surface area contributed by atoms with E-state index in [2.05, 4.69) is 0 Å². The molecule has 0 aromatic rings. The summed E-state index contributed by atoms with van der Waals surface area (Å²) in [6.07, 6.45) is -0.868. The molecule has 1 aliphatic rings. The largest absolute Gasteiger partial charge is 0.444 e. The van der Waals surface area contributed by atoms with Crippen LogP contribution >= 0.6 is 0 Å². The lowest BCUT2D eigenvalue weighted by Crippen LogP contribution is -2.63. The predicted octanol–water partition coefficient (Wildman–Crippen LogP) is 1.84. The summed E-state index contributed by atoms with van der Waals surface area (Å²) >= 11 is 0. The zero-order valence-electron chi connectivity index (χ0n) is 14.4. The quantitative estimate of drug-likeness (QED) is 0.859. The monoisotopic (exact) mass is 316 g/mol. The summed E-state index contributed by atoms with van der Waals surface area (Å²) in [4.78, 5) is 27.0. The van der Waals surface area contributed by atoms with Crippen LogP contribution in [0.4, 0.5) is 9.59 Å². The predicted molar refractivity (Wildman–Crippen MR) is 81.6 cm³/mol. The zero-order chi connectivity index (χ0) is 17.1. The molecule has 0 unspecified atom stereocenters. The molecule has 2 amide bonds. The van der Waals surface area contributed by atoms with Gasteiger partial charge in [0, 0.05) is 19.6 Å². The van der Waals surface area contributed by atoms with Gasteiger partial charge in [-0.25, -0.2) is 9.59 Å². The topological polar surface area (TPSA) is 79.3 Å². The zero-order valence-corrected chi connectivity index (χ0v) is 14.4. The van der Waals surface area contributed by atoms with Gasteiger partial charge in [-0.1, -0.05) is 0 Å². The first-order valence-electron chi connectivity index (χ1n) is 7.51. The molecule has 0 atom stereocenters. The third kappa shape index (κ3) is 5.71. The van der Waals surface area contributed by atoms with Crippen LogP contribution in [-0.2, 0) is 9.47 Å². The molecule has 22 heavy (non-hydrogen) atoms. The Morgan fingerprint density at radius 1 is 1.09 bits per heavy atom. The van der Waals surface area contributed by atoms with Crippen LogP contribution in [0.5, 0.6) is 0 Å². The normalized spacial score (nSPS) is 16.0. The highest BCUT2D eigenvalue weighted by atomic mass is 16.6. The number of aliphatic hydroxyl groups is 1. The van der Waals surface area contributed by atoms with Gasteiger partial charge in [0.15, 0.2) is 0 Å². The maximum atomic E-state index is 12.1. The van der Waals surface area contributed by atoms with Crippen LogP contribution in [0, 0.1) is 0 Å². The molecule has 7 heteroatoms. The number of nitrogens with zero attached hydrogens (tertiary/aromatic N) is 2. The summed E-state index contributed by atoms with van der Waals surface area (Å²) in [5.41, 5.74) is -1.14. The first-order valence-corrected chi connectivity index (χ1v) is 7.51. The van der Waals surface area contributed by atoms with Gasteiger partial charge in [-0.05, 0) is 41.5 Å². The van der Waals surface area contributed by atoms with E-state index in [4.69, 9.17) is 14.6 Å². The van der Waals surface area contributed by atoms with E-state index in [0.29, 0.717) is 13.1 Å². The number of rotatable bonds is 3. The number of hydrogen-bond acceptors (Lipinski definition) is 5. The molecule has 0 aromatic heterocycles. The molecule has 1 N–H and O–H groups in total. The molecule has 128 valence electrons. The van der Waals surface area contributed by atoms with E-state index in [0.717, 1.165) is 0 Å². The molecular formula is C15H28N2O5. The number of carbonyl (C=O) groups is 2. The highest BCUT2D eigenvalue weighted by molar-refractivity contribution is 5.72. The van der Waals surface area contributed by atoms with E-state index >= 15 is 0 Å². The number of aliphatic hydroxyl groups excluding tert-OH is 1. The highest BCUT2D eigenvalue weighted by Crippen LogP contribution is 2.21. The van der Waals surface area contributed by atoms with Gasteiger partial charge in [0.1, 0.15) is 11.2 Å². The second kappa shape index (κ2) is 6.73. The fourth-order valence-corrected chi connectivity index (χ4v) is 1.98. The molecule has 1 heterocycles. The van der Waals surface area contributed by atoms with Crippen LogP contribution in [0.1, 0.15) is 41.5 Å². The van der Waals surface area contributed by atoms with Crippen LogP contribution in [0.25, 0.3) is 0 Å². The summed E-state index contributed by atoms with van der Waals surface area (Å²) in [7, 11) is 0. The van der Waals surface area contributed by atoms with Crippen molar-refractivity contribution < 1.29 is 24.2 Å². The van der Waals surface area contributed by atoms with Crippen LogP contribution in [0.3, 0.4) is 0 Å². The van der Waals surface area contributed by atoms with E-state index in [1.165, 1.54) is 9.80 Å². The molecule has 0 aliphatic carbocycles. The fraction of sp³-hybridized carbons (Fsp3) is 0.867. The molecule has 0 saturated carbocycles. The van der Waals surface area contributed by atoms with Gasteiger partial charge in [-0.2, -0.15) is 0 Å². The van der Waals surface area contributed by atoms with E-state index in [1.54, 1.807) is 41.5 Å². The molecule has 0 bridgehead atoms. The standard InChI is InChI=1S/C15H28N2O5/c1-14(2,3)21-12(19)16-9-11(10-16)17(7-8-18)13(20)22-15(4,5)6/h11,18H,7-10H2,1-6H3. The lowest BCUT2D eigenvalue weighted by molar-refractivity contribution is -0.0312. The summed E-state index contributed by atoms with van der Waals surface area (Å²) in [6, 6.07) is -0.158. The number of hydrogen-bond donors (Lipinski definition) is 1. The smallest absolute Gasteiger partial charge is 0.410 e. The number of amides is 2. The Balaban J connectivity index is 2.56. The second-order valence-electron chi connectivity index (χ2n) is 7.44. The lowest BCUT2D eigenvalue weighted by Gasteiger charge is -2.45. The Kier molecular flexibility index (Phi) is 5.67. The average Bonchev–Trinajstić information content (AvgIpc) is 2.20. The van der Waals surface area contributed by atoms with E-state index in [-0.39, 0.29) is 19.2 Å². The summed E-state index contributed by atoms with van der Waals surface area (Å²) < 4.78 is 10.6. The minimum atomic E-state index is -0.598. The van der Waals surface area contributed by atoms with Crippen molar-refractivity contribution >= 4 is 12.2 Å². The molecule has 1 saturated heterocycles. The molecule has 0 aromatic carbocycles. The van der Waals surface area contributed by atoms with E-state index < -0.39 is 23.4 Å².